The Balaban J connectivity index is 2.02. The highest BCUT2D eigenvalue weighted by Gasteiger charge is 2.34. The first-order valence-electron chi connectivity index (χ1n) is 8.38. The van der Waals surface area contributed by atoms with E-state index in [4.69, 9.17) is 22.1 Å². The number of nitrogens with zero attached hydrogens (tertiary/aromatic N) is 3. The molecule has 0 radical (unpaired) electrons. The zero-order valence-electron chi connectivity index (χ0n) is 14.8. The lowest BCUT2D eigenvalue weighted by Crippen LogP contribution is -2.32. The van der Waals surface area contributed by atoms with Gasteiger partial charge in [0.2, 0.25) is 5.95 Å². The van der Waals surface area contributed by atoms with Gasteiger partial charge in [0, 0.05) is 36.0 Å². The van der Waals surface area contributed by atoms with Crippen molar-refractivity contribution in [1.82, 2.24) is 9.97 Å². The van der Waals surface area contributed by atoms with E-state index >= 15 is 0 Å². The van der Waals surface area contributed by atoms with Crippen molar-refractivity contribution >= 4 is 23.4 Å². The van der Waals surface area contributed by atoms with Crippen LogP contribution < -0.4 is 15.4 Å². The van der Waals surface area contributed by atoms with Crippen LogP contribution in [0, 0.1) is 6.92 Å². The molecule has 1 aliphatic heterocycles. The zero-order valence-corrected chi connectivity index (χ0v) is 15.6. The monoisotopic (exact) mass is 418 g/mol. The maximum absolute atomic E-state index is 12.5. The number of phenolic OH excluding ortho intramolecular Hbond substituents is 1. The highest BCUT2D eigenvalue weighted by atomic mass is 35.5. The van der Waals surface area contributed by atoms with Gasteiger partial charge in [0.15, 0.2) is 11.5 Å². The van der Waals surface area contributed by atoms with Gasteiger partial charge in [0.25, 0.3) is 0 Å². The molecule has 0 saturated carbocycles. The summed E-state index contributed by atoms with van der Waals surface area (Å²) in [7, 11) is 0. The van der Waals surface area contributed by atoms with Crippen LogP contribution in [0.5, 0.6) is 11.5 Å². The van der Waals surface area contributed by atoms with Crippen molar-refractivity contribution in [2.75, 3.05) is 30.4 Å². The van der Waals surface area contributed by atoms with Gasteiger partial charge in [-0.15, -0.1) is 13.2 Å². The Kier molecular flexibility index (Phi) is 5.71. The molecule has 1 aliphatic rings. The van der Waals surface area contributed by atoms with E-state index in [2.05, 4.69) is 14.7 Å². The molecule has 2 heterocycles. The molecule has 11 heteroatoms. The third-order valence-corrected chi connectivity index (χ3v) is 4.48. The molecule has 0 amide bonds. The van der Waals surface area contributed by atoms with Crippen LogP contribution in [0.2, 0.25) is 5.02 Å². The molecule has 0 unspecified atom stereocenters. The Labute approximate surface area is 163 Å². The van der Waals surface area contributed by atoms with E-state index < -0.39 is 23.9 Å². The van der Waals surface area contributed by atoms with Crippen molar-refractivity contribution in [3.05, 3.63) is 34.5 Å². The second-order valence-corrected chi connectivity index (χ2v) is 6.66. The number of aryl methyl sites for hydroxylation is 1. The fourth-order valence-corrected chi connectivity index (χ4v) is 3.33. The second-order valence-electron chi connectivity index (χ2n) is 6.25. The number of rotatable bonds is 3. The number of hydrogen-bond donors (Lipinski definition) is 2. The van der Waals surface area contributed by atoms with E-state index in [1.807, 2.05) is 4.90 Å². The quantitative estimate of drug-likeness (QED) is 0.786. The van der Waals surface area contributed by atoms with Crippen molar-refractivity contribution in [2.24, 2.45) is 0 Å². The van der Waals surface area contributed by atoms with E-state index in [1.165, 1.54) is 0 Å². The first kappa shape index (κ1) is 20.3. The minimum Gasteiger partial charge on any atom is -0.504 e. The third-order valence-electron chi connectivity index (χ3n) is 4.15. The van der Waals surface area contributed by atoms with E-state index in [-0.39, 0.29) is 17.6 Å². The van der Waals surface area contributed by atoms with Gasteiger partial charge < -0.3 is 25.2 Å². The topological polar surface area (TPSA) is 93.7 Å². The number of nitrogens with two attached hydrogens (primary N) is 1. The Morgan fingerprint density at radius 1 is 1.32 bits per heavy atom. The van der Waals surface area contributed by atoms with Crippen molar-refractivity contribution < 1.29 is 27.8 Å². The average Bonchev–Trinajstić information content (AvgIpc) is 2.81. The van der Waals surface area contributed by atoms with Gasteiger partial charge >= 0.3 is 6.36 Å². The first-order chi connectivity index (χ1) is 13.1. The molecule has 28 heavy (non-hydrogen) atoms. The van der Waals surface area contributed by atoms with Crippen molar-refractivity contribution in [2.45, 2.75) is 25.7 Å². The normalized spacial score (nSPS) is 18.0. The summed E-state index contributed by atoms with van der Waals surface area (Å²) < 4.78 is 46.9. The number of aromatic nitrogens is 2. The van der Waals surface area contributed by atoms with E-state index in [9.17, 15) is 18.3 Å². The van der Waals surface area contributed by atoms with Gasteiger partial charge in [0.05, 0.1) is 12.6 Å². The van der Waals surface area contributed by atoms with Crippen LogP contribution in [0.4, 0.5) is 24.9 Å². The molecule has 1 fully saturated rings. The zero-order chi connectivity index (χ0) is 20.5. The number of anilines is 2. The number of halogens is 4. The maximum Gasteiger partial charge on any atom is 0.573 e. The predicted molar refractivity (Wildman–Crippen MR) is 96.5 cm³/mol. The summed E-state index contributed by atoms with van der Waals surface area (Å²) in [5, 5.41) is 10.0. The van der Waals surface area contributed by atoms with Crippen LogP contribution in [0.25, 0.3) is 0 Å². The van der Waals surface area contributed by atoms with Gasteiger partial charge in [-0.2, -0.15) is 4.98 Å². The number of aromatic hydroxyl groups is 1. The molecule has 2 aromatic rings. The number of alkyl halides is 3. The summed E-state index contributed by atoms with van der Waals surface area (Å²) in [6.07, 6.45) is -4.26. The Morgan fingerprint density at radius 2 is 2.07 bits per heavy atom. The molecule has 7 nitrogen and oxygen atoms in total. The summed E-state index contributed by atoms with van der Waals surface area (Å²) in [6, 6.07) is 3.31. The molecule has 0 bridgehead atoms. The maximum atomic E-state index is 12.5. The fraction of sp³-hybridized carbons (Fsp3) is 0.412. The number of ether oxygens (including phenoxy) is 2. The van der Waals surface area contributed by atoms with Crippen LogP contribution >= 0.6 is 11.6 Å². The van der Waals surface area contributed by atoms with Gasteiger partial charge in [-0.3, -0.25) is 0 Å². The lowest BCUT2D eigenvalue weighted by molar-refractivity contribution is -0.275. The first-order valence-corrected chi connectivity index (χ1v) is 8.75. The molecule has 1 saturated heterocycles. The van der Waals surface area contributed by atoms with Gasteiger partial charge in [-0.1, -0.05) is 11.6 Å². The summed E-state index contributed by atoms with van der Waals surface area (Å²) in [5.74, 6) is -0.822. The van der Waals surface area contributed by atoms with E-state index in [1.54, 1.807) is 13.0 Å². The molecule has 1 atom stereocenters. The smallest absolute Gasteiger partial charge is 0.504 e. The number of benzene rings is 1. The molecule has 152 valence electrons. The van der Waals surface area contributed by atoms with Crippen LogP contribution in [-0.4, -0.2) is 41.2 Å². The Bertz CT molecular complexity index is 846. The molecular weight excluding hydrogens is 401 g/mol. The Morgan fingerprint density at radius 3 is 2.75 bits per heavy atom. The molecule has 0 spiro atoms. The summed E-state index contributed by atoms with van der Waals surface area (Å²) in [4.78, 5) is 10.2. The van der Waals surface area contributed by atoms with Crippen LogP contribution in [0.3, 0.4) is 0 Å². The Hall–Kier alpha value is -2.46. The molecule has 1 aromatic heterocycles. The summed E-state index contributed by atoms with van der Waals surface area (Å²) >= 11 is 6.23. The average molecular weight is 419 g/mol. The standard InChI is InChI=1S/C17H18ClF3N4O3/c1-9-5-15(24-16(22)23-9)25-3-2-4-27-8-12(25)10-6-13(26)14(7-11(10)18)28-17(19,20)21/h5-7,12,26H,2-4,8H2,1H3,(H2,22,23,24)/t12-/m0/s1. The highest BCUT2D eigenvalue weighted by Crippen LogP contribution is 2.40. The number of hydrogen-bond acceptors (Lipinski definition) is 7. The largest absolute Gasteiger partial charge is 0.573 e. The van der Waals surface area contributed by atoms with Crippen LogP contribution in [0.1, 0.15) is 23.7 Å². The van der Waals surface area contributed by atoms with Gasteiger partial charge in [-0.25, -0.2) is 4.98 Å². The summed E-state index contributed by atoms with van der Waals surface area (Å²) in [6.45, 7) is 3.00. The molecular formula is C17H18ClF3N4O3. The molecule has 0 aliphatic carbocycles. The molecule has 3 N–H and O–H groups in total. The van der Waals surface area contributed by atoms with Gasteiger partial charge in [0.1, 0.15) is 5.82 Å². The molecule has 1 aromatic carbocycles. The SMILES string of the molecule is Cc1cc(N2CCCOC[C@H]2c2cc(O)c(OC(F)(F)F)cc2Cl)nc(N)n1. The van der Waals surface area contributed by atoms with E-state index in [0.29, 0.717) is 36.6 Å². The minimum absolute atomic E-state index is 0.00343. The van der Waals surface area contributed by atoms with Gasteiger partial charge in [-0.05, 0) is 25.0 Å². The van der Waals surface area contributed by atoms with Crippen molar-refractivity contribution in [3.8, 4) is 11.5 Å². The van der Waals surface area contributed by atoms with Crippen molar-refractivity contribution in [1.29, 1.82) is 0 Å². The fourth-order valence-electron chi connectivity index (χ4n) is 3.05. The lowest BCUT2D eigenvalue weighted by atomic mass is 10.0. The van der Waals surface area contributed by atoms with Crippen LogP contribution in [0.15, 0.2) is 18.2 Å². The van der Waals surface area contributed by atoms with Crippen LogP contribution in [-0.2, 0) is 4.74 Å². The number of phenols is 1. The summed E-state index contributed by atoms with van der Waals surface area (Å²) in [5.41, 5.74) is 6.79. The highest BCUT2D eigenvalue weighted by molar-refractivity contribution is 6.31. The molecule has 3 rings (SSSR count). The third kappa shape index (κ3) is 4.68. The minimum atomic E-state index is -4.95. The predicted octanol–water partition coefficient (Wildman–Crippen LogP) is 3.59. The number of nitrogen functional groups attached to an aromatic ring is 1. The second kappa shape index (κ2) is 7.88. The lowest BCUT2D eigenvalue weighted by Gasteiger charge is -2.31. The van der Waals surface area contributed by atoms with Crippen molar-refractivity contribution in [3.63, 3.8) is 0 Å². The van der Waals surface area contributed by atoms with E-state index in [0.717, 1.165) is 12.1 Å².